The van der Waals surface area contributed by atoms with Crippen molar-refractivity contribution in [2.45, 2.75) is 52.4 Å². The van der Waals surface area contributed by atoms with Gasteiger partial charge >= 0.3 is 0 Å². The fourth-order valence-corrected chi connectivity index (χ4v) is 2.14. The van der Waals surface area contributed by atoms with Crippen LogP contribution >= 0.6 is 11.6 Å². The zero-order chi connectivity index (χ0) is 13.4. The van der Waals surface area contributed by atoms with E-state index in [1.54, 1.807) is 13.0 Å². The van der Waals surface area contributed by atoms with Gasteiger partial charge in [-0.2, -0.15) is 0 Å². The van der Waals surface area contributed by atoms with E-state index in [2.05, 4.69) is 12.2 Å². The molecule has 102 valence electrons. The summed E-state index contributed by atoms with van der Waals surface area (Å²) < 4.78 is 13.2. The molecule has 1 rings (SSSR count). The second-order valence-electron chi connectivity index (χ2n) is 4.78. The Morgan fingerprint density at radius 1 is 1.11 bits per heavy atom. The summed E-state index contributed by atoms with van der Waals surface area (Å²) in [4.78, 5) is 0. The fraction of sp³-hybridized carbons (Fsp3) is 0.600. The van der Waals surface area contributed by atoms with E-state index in [-0.39, 0.29) is 5.82 Å². The van der Waals surface area contributed by atoms with Crippen molar-refractivity contribution in [3.8, 4) is 0 Å². The van der Waals surface area contributed by atoms with Crippen molar-refractivity contribution in [1.29, 1.82) is 0 Å². The summed E-state index contributed by atoms with van der Waals surface area (Å²) in [6.45, 7) is 4.87. The smallest absolute Gasteiger partial charge is 0.127 e. The number of nitrogens with one attached hydrogen (secondary N) is 1. The third kappa shape index (κ3) is 5.26. The van der Waals surface area contributed by atoms with Gasteiger partial charge in [0.15, 0.2) is 0 Å². The Kier molecular flexibility index (Phi) is 7.11. The molecule has 0 saturated carbocycles. The summed E-state index contributed by atoms with van der Waals surface area (Å²) in [6.07, 6.45) is 7.61. The van der Waals surface area contributed by atoms with Gasteiger partial charge in [0, 0.05) is 6.54 Å². The molecule has 0 unspecified atom stereocenters. The summed E-state index contributed by atoms with van der Waals surface area (Å²) >= 11 is 5.98. The normalized spacial score (nSPS) is 10.7. The fourth-order valence-electron chi connectivity index (χ4n) is 1.92. The molecule has 1 N–H and O–H groups in total. The van der Waals surface area contributed by atoms with Gasteiger partial charge in [-0.3, -0.25) is 0 Å². The first-order chi connectivity index (χ1) is 8.65. The van der Waals surface area contributed by atoms with E-state index >= 15 is 0 Å². The number of hydrogen-bond acceptors (Lipinski definition) is 1. The zero-order valence-electron chi connectivity index (χ0n) is 11.4. The minimum atomic E-state index is -0.245. The Balaban J connectivity index is 2.25. The van der Waals surface area contributed by atoms with Crippen molar-refractivity contribution >= 4 is 17.3 Å². The van der Waals surface area contributed by atoms with E-state index in [1.807, 2.05) is 0 Å². The largest absolute Gasteiger partial charge is 0.384 e. The molecular weight excluding hydrogens is 249 g/mol. The molecule has 0 radical (unpaired) electrons. The first-order valence-electron chi connectivity index (χ1n) is 6.84. The average Bonchev–Trinajstić information content (AvgIpc) is 2.34. The SMILES string of the molecule is CCCCCCCCNc1cc(C)c(F)cc1Cl. The Labute approximate surface area is 115 Å². The minimum absolute atomic E-state index is 0.245. The van der Waals surface area contributed by atoms with Crippen LogP contribution in [0.2, 0.25) is 5.02 Å². The van der Waals surface area contributed by atoms with Crippen LogP contribution in [0.25, 0.3) is 0 Å². The Bertz CT molecular complexity index is 366. The molecule has 0 atom stereocenters. The van der Waals surface area contributed by atoms with Crippen LogP contribution in [0, 0.1) is 12.7 Å². The lowest BCUT2D eigenvalue weighted by Crippen LogP contribution is -2.02. The maximum absolute atomic E-state index is 13.2. The van der Waals surface area contributed by atoms with Crippen molar-refractivity contribution in [2.24, 2.45) is 0 Å². The second-order valence-corrected chi connectivity index (χ2v) is 5.18. The molecule has 0 amide bonds. The molecule has 3 heteroatoms. The Morgan fingerprint density at radius 2 is 1.78 bits per heavy atom. The molecule has 0 bridgehead atoms. The number of halogens is 2. The lowest BCUT2D eigenvalue weighted by molar-refractivity contribution is 0.615. The zero-order valence-corrected chi connectivity index (χ0v) is 12.1. The molecule has 0 heterocycles. The van der Waals surface area contributed by atoms with Crippen LogP contribution in [-0.2, 0) is 0 Å². The number of benzene rings is 1. The number of aryl methyl sites for hydroxylation is 1. The Hall–Kier alpha value is -0.760. The van der Waals surface area contributed by atoms with Gasteiger partial charge in [-0.25, -0.2) is 4.39 Å². The lowest BCUT2D eigenvalue weighted by Gasteiger charge is -2.10. The van der Waals surface area contributed by atoms with Crippen molar-refractivity contribution < 1.29 is 4.39 Å². The van der Waals surface area contributed by atoms with Crippen molar-refractivity contribution in [1.82, 2.24) is 0 Å². The molecule has 0 aliphatic carbocycles. The van der Waals surface area contributed by atoms with Crippen molar-refractivity contribution in [3.05, 3.63) is 28.5 Å². The first-order valence-corrected chi connectivity index (χ1v) is 7.22. The molecule has 0 aromatic heterocycles. The molecule has 0 spiro atoms. The molecule has 1 aromatic rings. The summed E-state index contributed by atoms with van der Waals surface area (Å²) in [5.41, 5.74) is 1.47. The predicted molar refractivity (Wildman–Crippen MR) is 78.0 cm³/mol. The first kappa shape index (κ1) is 15.3. The van der Waals surface area contributed by atoms with E-state index < -0.39 is 0 Å². The monoisotopic (exact) mass is 271 g/mol. The van der Waals surface area contributed by atoms with Crippen LogP contribution in [0.5, 0.6) is 0 Å². The minimum Gasteiger partial charge on any atom is -0.384 e. The van der Waals surface area contributed by atoms with Crippen molar-refractivity contribution in [2.75, 3.05) is 11.9 Å². The topological polar surface area (TPSA) is 12.0 Å². The molecule has 0 fully saturated rings. The maximum Gasteiger partial charge on any atom is 0.127 e. The number of anilines is 1. The standard InChI is InChI=1S/C15H23ClFN/c1-3-4-5-6-7-8-9-18-15-10-12(2)14(17)11-13(15)16/h10-11,18H,3-9H2,1-2H3. The molecule has 0 aliphatic heterocycles. The summed E-state index contributed by atoms with van der Waals surface area (Å²) in [7, 11) is 0. The van der Waals surface area contributed by atoms with Gasteiger partial charge in [-0.1, -0.05) is 50.6 Å². The third-order valence-corrected chi connectivity index (χ3v) is 3.41. The predicted octanol–water partition coefficient (Wildman–Crippen LogP) is 5.56. The van der Waals surface area contributed by atoms with Crippen LogP contribution in [0.3, 0.4) is 0 Å². The highest BCUT2D eigenvalue weighted by atomic mass is 35.5. The number of unbranched alkanes of at least 4 members (excludes halogenated alkanes) is 5. The molecular formula is C15H23ClFN. The van der Waals surface area contributed by atoms with E-state index in [9.17, 15) is 4.39 Å². The summed E-state index contributed by atoms with van der Waals surface area (Å²) in [5, 5.41) is 3.74. The van der Waals surface area contributed by atoms with Crippen LogP contribution in [0.1, 0.15) is 51.0 Å². The second kappa shape index (κ2) is 8.36. The van der Waals surface area contributed by atoms with Crippen molar-refractivity contribution in [3.63, 3.8) is 0 Å². The van der Waals surface area contributed by atoms with Gasteiger partial charge in [0.1, 0.15) is 5.82 Å². The van der Waals surface area contributed by atoms with Crippen LogP contribution in [-0.4, -0.2) is 6.54 Å². The third-order valence-electron chi connectivity index (χ3n) is 3.09. The van der Waals surface area contributed by atoms with E-state index in [0.29, 0.717) is 10.6 Å². The van der Waals surface area contributed by atoms with E-state index in [1.165, 1.54) is 38.2 Å². The van der Waals surface area contributed by atoms with Gasteiger partial charge in [0.2, 0.25) is 0 Å². The van der Waals surface area contributed by atoms with Gasteiger partial charge < -0.3 is 5.32 Å². The average molecular weight is 272 g/mol. The molecule has 1 aromatic carbocycles. The van der Waals surface area contributed by atoms with E-state index in [4.69, 9.17) is 11.6 Å². The molecule has 0 aliphatic rings. The number of rotatable bonds is 8. The van der Waals surface area contributed by atoms with E-state index in [0.717, 1.165) is 18.7 Å². The highest BCUT2D eigenvalue weighted by Crippen LogP contribution is 2.25. The van der Waals surface area contributed by atoms with Gasteiger partial charge in [-0.05, 0) is 31.0 Å². The molecule has 18 heavy (non-hydrogen) atoms. The van der Waals surface area contributed by atoms with Crippen LogP contribution in [0.15, 0.2) is 12.1 Å². The lowest BCUT2D eigenvalue weighted by atomic mass is 10.1. The van der Waals surface area contributed by atoms with Crippen LogP contribution in [0.4, 0.5) is 10.1 Å². The molecule has 0 saturated heterocycles. The highest BCUT2D eigenvalue weighted by Gasteiger charge is 2.04. The summed E-state index contributed by atoms with van der Waals surface area (Å²) in [6, 6.07) is 3.15. The van der Waals surface area contributed by atoms with Gasteiger partial charge in [-0.15, -0.1) is 0 Å². The quantitative estimate of drug-likeness (QED) is 0.610. The summed E-state index contributed by atoms with van der Waals surface area (Å²) in [5.74, 6) is -0.245. The van der Waals surface area contributed by atoms with Crippen LogP contribution < -0.4 is 5.32 Å². The van der Waals surface area contributed by atoms with Gasteiger partial charge in [0.05, 0.1) is 10.7 Å². The Morgan fingerprint density at radius 3 is 2.50 bits per heavy atom. The number of hydrogen-bond donors (Lipinski definition) is 1. The highest BCUT2D eigenvalue weighted by molar-refractivity contribution is 6.33. The van der Waals surface area contributed by atoms with Gasteiger partial charge in [0.25, 0.3) is 0 Å². The maximum atomic E-state index is 13.2. The molecule has 1 nitrogen and oxygen atoms in total.